The Kier molecular flexibility index (Phi) is 3.57. The van der Waals surface area contributed by atoms with Gasteiger partial charge < -0.3 is 10.5 Å². The third-order valence-electron chi connectivity index (χ3n) is 2.36. The van der Waals surface area contributed by atoms with Crippen molar-refractivity contribution in [1.29, 1.82) is 0 Å². The summed E-state index contributed by atoms with van der Waals surface area (Å²) in [6, 6.07) is 6.90. The largest absolute Gasteiger partial charge is 0.465 e. The molecule has 0 aliphatic heterocycles. The zero-order valence-corrected chi connectivity index (χ0v) is 11.1. The van der Waals surface area contributed by atoms with Crippen LogP contribution in [0.15, 0.2) is 35.1 Å². The van der Waals surface area contributed by atoms with E-state index in [1.807, 2.05) is 0 Å². The Morgan fingerprint density at radius 1 is 1.33 bits per heavy atom. The molecule has 1 aromatic carbocycles. The van der Waals surface area contributed by atoms with Crippen molar-refractivity contribution >= 4 is 27.7 Å². The molecule has 0 aliphatic rings. The van der Waals surface area contributed by atoms with Gasteiger partial charge in [-0.25, -0.2) is 14.8 Å². The summed E-state index contributed by atoms with van der Waals surface area (Å²) in [5, 5.41) is 0. The number of rotatable bonds is 2. The first kappa shape index (κ1) is 12.5. The lowest BCUT2D eigenvalue weighted by molar-refractivity contribution is 0.0601. The van der Waals surface area contributed by atoms with Gasteiger partial charge in [0.15, 0.2) is 5.82 Å². The Hall–Kier alpha value is -1.95. The number of methoxy groups -OCH3 is 1. The maximum atomic E-state index is 11.3. The highest BCUT2D eigenvalue weighted by Gasteiger charge is 2.07. The van der Waals surface area contributed by atoms with Gasteiger partial charge in [0.1, 0.15) is 4.60 Å². The third kappa shape index (κ3) is 2.48. The van der Waals surface area contributed by atoms with Gasteiger partial charge in [0.2, 0.25) is 0 Å². The van der Waals surface area contributed by atoms with Gasteiger partial charge in [-0.2, -0.15) is 0 Å². The number of hydrogen-bond donors (Lipinski definition) is 1. The van der Waals surface area contributed by atoms with Crippen LogP contribution in [0.5, 0.6) is 0 Å². The number of ether oxygens (including phenoxy) is 1. The molecule has 2 rings (SSSR count). The van der Waals surface area contributed by atoms with Crippen molar-refractivity contribution in [1.82, 2.24) is 9.97 Å². The molecule has 0 atom stereocenters. The van der Waals surface area contributed by atoms with Gasteiger partial charge in [0.25, 0.3) is 0 Å². The average Bonchev–Trinajstić information content (AvgIpc) is 2.41. The van der Waals surface area contributed by atoms with Crippen LogP contribution in [-0.4, -0.2) is 23.0 Å². The standard InChI is InChI=1S/C12H10BrN3O2/c1-18-12(17)8-4-2-7(3-5-8)9-6-15-11(14)10(13)16-9/h2-6H,1H3,(H2,14,15). The summed E-state index contributed by atoms with van der Waals surface area (Å²) in [5.41, 5.74) is 7.57. The number of hydrogen-bond acceptors (Lipinski definition) is 5. The van der Waals surface area contributed by atoms with Crippen molar-refractivity contribution < 1.29 is 9.53 Å². The van der Waals surface area contributed by atoms with Gasteiger partial charge in [-0.05, 0) is 28.1 Å². The molecule has 2 N–H and O–H groups in total. The SMILES string of the molecule is COC(=O)c1ccc(-c2cnc(N)c(Br)n2)cc1. The Morgan fingerprint density at radius 3 is 2.56 bits per heavy atom. The van der Waals surface area contributed by atoms with E-state index in [9.17, 15) is 4.79 Å². The van der Waals surface area contributed by atoms with E-state index in [4.69, 9.17) is 5.73 Å². The second-order valence-corrected chi connectivity index (χ2v) is 4.25. The molecule has 1 heterocycles. The van der Waals surface area contributed by atoms with E-state index < -0.39 is 0 Å². The van der Waals surface area contributed by atoms with Crippen molar-refractivity contribution in [3.05, 3.63) is 40.6 Å². The maximum Gasteiger partial charge on any atom is 0.337 e. The highest BCUT2D eigenvalue weighted by atomic mass is 79.9. The van der Waals surface area contributed by atoms with E-state index >= 15 is 0 Å². The third-order valence-corrected chi connectivity index (χ3v) is 2.94. The fourth-order valence-corrected chi connectivity index (χ4v) is 1.70. The summed E-state index contributed by atoms with van der Waals surface area (Å²) in [7, 11) is 1.35. The molecular formula is C12H10BrN3O2. The predicted octanol–water partition coefficient (Wildman–Crippen LogP) is 2.27. The normalized spacial score (nSPS) is 10.1. The molecule has 1 aromatic heterocycles. The minimum Gasteiger partial charge on any atom is -0.465 e. The maximum absolute atomic E-state index is 11.3. The number of benzene rings is 1. The van der Waals surface area contributed by atoms with Crippen molar-refractivity contribution in [2.75, 3.05) is 12.8 Å². The molecule has 2 aromatic rings. The highest BCUT2D eigenvalue weighted by molar-refractivity contribution is 9.10. The minimum absolute atomic E-state index is 0.338. The van der Waals surface area contributed by atoms with Crippen LogP contribution in [0.1, 0.15) is 10.4 Å². The smallest absolute Gasteiger partial charge is 0.337 e. The fraction of sp³-hybridized carbons (Fsp3) is 0.0833. The van der Waals surface area contributed by atoms with Crippen molar-refractivity contribution in [2.45, 2.75) is 0 Å². The first-order valence-corrected chi connectivity index (χ1v) is 5.88. The number of halogens is 1. The van der Waals surface area contributed by atoms with E-state index in [1.165, 1.54) is 7.11 Å². The number of esters is 1. The second kappa shape index (κ2) is 5.14. The number of anilines is 1. The van der Waals surface area contributed by atoms with Crippen LogP contribution in [0.25, 0.3) is 11.3 Å². The van der Waals surface area contributed by atoms with Crippen molar-refractivity contribution in [2.24, 2.45) is 0 Å². The summed E-state index contributed by atoms with van der Waals surface area (Å²) in [4.78, 5) is 19.5. The Labute approximate surface area is 112 Å². The van der Waals surface area contributed by atoms with Gasteiger partial charge in [0.05, 0.1) is 24.6 Å². The molecule has 6 heteroatoms. The highest BCUT2D eigenvalue weighted by Crippen LogP contribution is 2.21. The van der Waals surface area contributed by atoms with Crippen molar-refractivity contribution in [3.8, 4) is 11.3 Å². The molecule has 0 radical (unpaired) electrons. The van der Waals surface area contributed by atoms with Crippen LogP contribution in [0.4, 0.5) is 5.82 Å². The Morgan fingerprint density at radius 2 is 2.00 bits per heavy atom. The summed E-state index contributed by atoms with van der Waals surface area (Å²) >= 11 is 3.22. The number of carbonyl (C=O) groups excluding carboxylic acids is 1. The van der Waals surface area contributed by atoms with Gasteiger partial charge in [-0.3, -0.25) is 0 Å². The van der Waals surface area contributed by atoms with Crippen LogP contribution in [-0.2, 0) is 4.74 Å². The lowest BCUT2D eigenvalue weighted by Gasteiger charge is -2.04. The first-order valence-electron chi connectivity index (χ1n) is 5.08. The lowest BCUT2D eigenvalue weighted by Crippen LogP contribution is -2.00. The monoisotopic (exact) mass is 307 g/mol. The molecular weight excluding hydrogens is 298 g/mol. The predicted molar refractivity (Wildman–Crippen MR) is 70.9 cm³/mol. The summed E-state index contributed by atoms with van der Waals surface area (Å²) in [5.74, 6) is -0.0314. The summed E-state index contributed by atoms with van der Waals surface area (Å²) < 4.78 is 5.12. The molecule has 92 valence electrons. The zero-order chi connectivity index (χ0) is 13.1. The zero-order valence-electron chi connectivity index (χ0n) is 9.55. The van der Waals surface area contributed by atoms with E-state index in [0.717, 1.165) is 5.56 Å². The molecule has 5 nitrogen and oxygen atoms in total. The Bertz CT molecular complexity index is 584. The van der Waals surface area contributed by atoms with E-state index in [2.05, 4.69) is 30.6 Å². The quantitative estimate of drug-likeness (QED) is 0.861. The second-order valence-electron chi connectivity index (χ2n) is 3.50. The number of carbonyl (C=O) groups is 1. The molecule has 0 aliphatic carbocycles. The first-order chi connectivity index (χ1) is 8.61. The molecule has 0 saturated carbocycles. The number of nitrogen functional groups attached to an aromatic ring is 1. The number of nitrogens with zero attached hydrogens (tertiary/aromatic N) is 2. The van der Waals surface area contributed by atoms with E-state index in [0.29, 0.717) is 21.7 Å². The van der Waals surface area contributed by atoms with Crippen LogP contribution >= 0.6 is 15.9 Å². The Balaban J connectivity index is 2.34. The van der Waals surface area contributed by atoms with Crippen LogP contribution < -0.4 is 5.73 Å². The molecule has 0 fully saturated rings. The van der Waals surface area contributed by atoms with Gasteiger partial charge >= 0.3 is 5.97 Å². The van der Waals surface area contributed by atoms with E-state index in [1.54, 1.807) is 30.5 Å². The van der Waals surface area contributed by atoms with Gasteiger partial charge in [-0.1, -0.05) is 12.1 Å². The average molecular weight is 308 g/mol. The molecule has 0 bridgehead atoms. The summed E-state index contributed by atoms with van der Waals surface area (Å²) in [6.07, 6.45) is 1.58. The number of nitrogens with two attached hydrogens (primary N) is 1. The molecule has 0 spiro atoms. The molecule has 0 saturated heterocycles. The lowest BCUT2D eigenvalue weighted by atomic mass is 10.1. The topological polar surface area (TPSA) is 78.1 Å². The van der Waals surface area contributed by atoms with Gasteiger partial charge in [0, 0.05) is 5.56 Å². The van der Waals surface area contributed by atoms with Crippen LogP contribution in [0.3, 0.4) is 0 Å². The molecule has 0 unspecified atom stereocenters. The van der Waals surface area contributed by atoms with Crippen LogP contribution in [0, 0.1) is 0 Å². The summed E-state index contributed by atoms with van der Waals surface area (Å²) in [6.45, 7) is 0. The van der Waals surface area contributed by atoms with Crippen LogP contribution in [0.2, 0.25) is 0 Å². The minimum atomic E-state index is -0.369. The molecule has 0 amide bonds. The fourth-order valence-electron chi connectivity index (χ4n) is 1.41. The van der Waals surface area contributed by atoms with Crippen molar-refractivity contribution in [3.63, 3.8) is 0 Å². The number of aromatic nitrogens is 2. The molecule has 18 heavy (non-hydrogen) atoms. The van der Waals surface area contributed by atoms with Gasteiger partial charge in [-0.15, -0.1) is 0 Å². The van der Waals surface area contributed by atoms with E-state index in [-0.39, 0.29) is 5.97 Å².